The summed E-state index contributed by atoms with van der Waals surface area (Å²) in [6, 6.07) is 1.86. The number of aromatic nitrogens is 3. The summed E-state index contributed by atoms with van der Waals surface area (Å²) in [6.07, 6.45) is 1.59. The fourth-order valence-electron chi connectivity index (χ4n) is 2.01. The molecule has 0 spiro atoms. The van der Waals surface area contributed by atoms with Gasteiger partial charge < -0.3 is 9.84 Å². The third-order valence-corrected chi connectivity index (χ3v) is 3.86. The number of rotatable bonds is 4. The van der Waals surface area contributed by atoms with Crippen molar-refractivity contribution in [1.82, 2.24) is 19.9 Å². The first-order chi connectivity index (χ1) is 8.75. The second-order valence-corrected chi connectivity index (χ2v) is 5.07. The largest absolute Gasteiger partial charge is 0.364 e. The van der Waals surface area contributed by atoms with E-state index in [-0.39, 0.29) is 0 Å². The average molecular weight is 262 g/mol. The number of imidazole rings is 1. The van der Waals surface area contributed by atoms with Crippen molar-refractivity contribution in [3.8, 4) is 0 Å². The number of thiazole rings is 1. The molecule has 0 bridgehead atoms. The third-order valence-electron chi connectivity index (χ3n) is 2.92. The molecule has 0 radical (unpaired) electrons. The van der Waals surface area contributed by atoms with Crippen molar-refractivity contribution in [1.29, 1.82) is 0 Å². The molecule has 0 saturated heterocycles. The van der Waals surface area contributed by atoms with E-state index in [1.54, 1.807) is 17.6 Å². The van der Waals surface area contributed by atoms with E-state index >= 15 is 0 Å². The van der Waals surface area contributed by atoms with Crippen molar-refractivity contribution in [2.75, 3.05) is 0 Å². The fourth-order valence-corrected chi connectivity index (χ4v) is 2.94. The Bertz CT molecular complexity index is 653. The van der Waals surface area contributed by atoms with Crippen LogP contribution >= 0.6 is 11.3 Å². The molecule has 0 saturated carbocycles. The molecule has 0 fully saturated rings. The Labute approximate surface area is 108 Å². The molecule has 3 aromatic heterocycles. The van der Waals surface area contributed by atoms with Gasteiger partial charge in [-0.15, -0.1) is 11.3 Å². The molecule has 3 aromatic rings. The Morgan fingerprint density at radius 1 is 1.39 bits per heavy atom. The van der Waals surface area contributed by atoms with Gasteiger partial charge in [0.15, 0.2) is 4.96 Å². The Hall–Kier alpha value is -1.66. The van der Waals surface area contributed by atoms with E-state index in [1.165, 1.54) is 11.4 Å². The maximum Gasteiger partial charge on any atom is 0.194 e. The topological polar surface area (TPSA) is 55.4 Å². The minimum absolute atomic E-state index is 0.701. The van der Waals surface area contributed by atoms with Crippen LogP contribution in [0, 0.1) is 13.8 Å². The van der Waals surface area contributed by atoms with Gasteiger partial charge in [-0.05, 0) is 13.8 Å². The molecule has 6 heteroatoms. The highest BCUT2D eigenvalue weighted by Gasteiger charge is 2.11. The van der Waals surface area contributed by atoms with Gasteiger partial charge in [0.1, 0.15) is 6.26 Å². The van der Waals surface area contributed by atoms with Gasteiger partial charge in [-0.25, -0.2) is 4.98 Å². The standard InChI is InChI=1S/C12H14N4OS/c1-8-7-18-12-14-9(2)11(16(8)12)6-13-5-10-3-4-17-15-10/h3-4,7,13H,5-6H2,1-2H3. The van der Waals surface area contributed by atoms with Crippen LogP contribution < -0.4 is 5.32 Å². The molecular weight excluding hydrogens is 248 g/mol. The van der Waals surface area contributed by atoms with Gasteiger partial charge in [0, 0.05) is 30.2 Å². The average Bonchev–Trinajstić information content (AvgIpc) is 3.02. The summed E-state index contributed by atoms with van der Waals surface area (Å²) in [5.41, 5.74) is 4.44. The summed E-state index contributed by atoms with van der Waals surface area (Å²) in [7, 11) is 0. The van der Waals surface area contributed by atoms with E-state index < -0.39 is 0 Å². The van der Waals surface area contributed by atoms with Crippen molar-refractivity contribution in [2.24, 2.45) is 0 Å². The molecule has 18 heavy (non-hydrogen) atoms. The number of hydrogen-bond donors (Lipinski definition) is 1. The zero-order valence-corrected chi connectivity index (χ0v) is 11.1. The maximum atomic E-state index is 4.80. The highest BCUT2D eigenvalue weighted by atomic mass is 32.1. The molecule has 0 atom stereocenters. The van der Waals surface area contributed by atoms with Crippen molar-refractivity contribution >= 4 is 16.3 Å². The van der Waals surface area contributed by atoms with Crippen LogP contribution in [0.4, 0.5) is 0 Å². The van der Waals surface area contributed by atoms with Crippen molar-refractivity contribution < 1.29 is 4.52 Å². The zero-order chi connectivity index (χ0) is 12.5. The van der Waals surface area contributed by atoms with Crippen LogP contribution in [0.3, 0.4) is 0 Å². The first kappa shape index (κ1) is 11.4. The van der Waals surface area contributed by atoms with Crippen molar-refractivity contribution in [3.05, 3.63) is 40.5 Å². The second kappa shape index (κ2) is 4.55. The minimum atomic E-state index is 0.701. The predicted octanol–water partition coefficient (Wildman–Crippen LogP) is 2.29. The van der Waals surface area contributed by atoms with E-state index in [1.807, 2.05) is 13.0 Å². The molecular formula is C12H14N4OS. The minimum Gasteiger partial charge on any atom is -0.364 e. The summed E-state index contributed by atoms with van der Waals surface area (Å²) < 4.78 is 7.00. The monoisotopic (exact) mass is 262 g/mol. The quantitative estimate of drug-likeness (QED) is 0.783. The number of aryl methyl sites for hydroxylation is 2. The van der Waals surface area contributed by atoms with Crippen molar-refractivity contribution in [3.63, 3.8) is 0 Å². The number of nitrogens with one attached hydrogen (secondary N) is 1. The molecule has 94 valence electrons. The second-order valence-electron chi connectivity index (χ2n) is 4.23. The first-order valence-corrected chi connectivity index (χ1v) is 6.65. The van der Waals surface area contributed by atoms with Gasteiger partial charge in [-0.3, -0.25) is 4.40 Å². The molecule has 0 aromatic carbocycles. The van der Waals surface area contributed by atoms with E-state index in [2.05, 4.69) is 32.2 Å². The molecule has 0 aliphatic heterocycles. The van der Waals surface area contributed by atoms with Gasteiger partial charge in [0.05, 0.1) is 17.1 Å². The number of hydrogen-bond acceptors (Lipinski definition) is 5. The van der Waals surface area contributed by atoms with Gasteiger partial charge in [0.2, 0.25) is 0 Å². The third kappa shape index (κ3) is 1.93. The van der Waals surface area contributed by atoms with Crippen LogP contribution in [-0.4, -0.2) is 14.5 Å². The molecule has 0 amide bonds. The first-order valence-electron chi connectivity index (χ1n) is 5.77. The fraction of sp³-hybridized carbons (Fsp3) is 0.333. The Morgan fingerprint density at radius 2 is 2.28 bits per heavy atom. The molecule has 1 N–H and O–H groups in total. The van der Waals surface area contributed by atoms with Gasteiger partial charge >= 0.3 is 0 Å². The Kier molecular flexibility index (Phi) is 2.89. The Morgan fingerprint density at radius 3 is 3.06 bits per heavy atom. The number of nitrogens with zero attached hydrogens (tertiary/aromatic N) is 3. The van der Waals surface area contributed by atoms with Crippen molar-refractivity contribution in [2.45, 2.75) is 26.9 Å². The van der Waals surface area contributed by atoms with E-state index in [0.717, 1.165) is 22.9 Å². The van der Waals surface area contributed by atoms with E-state index in [9.17, 15) is 0 Å². The predicted molar refractivity (Wildman–Crippen MR) is 69.6 cm³/mol. The normalized spacial score (nSPS) is 11.4. The van der Waals surface area contributed by atoms with Crippen LogP contribution in [0.25, 0.3) is 4.96 Å². The summed E-state index contributed by atoms with van der Waals surface area (Å²) in [4.78, 5) is 5.62. The van der Waals surface area contributed by atoms with Gasteiger partial charge in [-0.2, -0.15) is 0 Å². The Balaban J connectivity index is 1.77. The SMILES string of the molecule is Cc1nc2scc(C)n2c1CNCc1ccon1. The molecule has 0 aliphatic carbocycles. The maximum absolute atomic E-state index is 4.80. The molecule has 0 aliphatic rings. The zero-order valence-electron chi connectivity index (χ0n) is 10.3. The molecule has 0 unspecified atom stereocenters. The lowest BCUT2D eigenvalue weighted by Gasteiger charge is -2.04. The van der Waals surface area contributed by atoms with Gasteiger partial charge in [-0.1, -0.05) is 5.16 Å². The summed E-state index contributed by atoms with van der Waals surface area (Å²) in [5, 5.41) is 9.36. The van der Waals surface area contributed by atoms with Crippen LogP contribution in [0.15, 0.2) is 22.2 Å². The van der Waals surface area contributed by atoms with Crippen LogP contribution in [0.5, 0.6) is 0 Å². The lowest BCUT2D eigenvalue weighted by atomic mass is 10.3. The van der Waals surface area contributed by atoms with Crippen LogP contribution in [0.1, 0.15) is 22.8 Å². The highest BCUT2D eigenvalue weighted by molar-refractivity contribution is 7.15. The van der Waals surface area contributed by atoms with Crippen LogP contribution in [0.2, 0.25) is 0 Å². The van der Waals surface area contributed by atoms with Crippen LogP contribution in [-0.2, 0) is 13.1 Å². The number of fused-ring (bicyclic) bond motifs is 1. The summed E-state index contributed by atoms with van der Waals surface area (Å²) in [6.45, 7) is 5.63. The van der Waals surface area contributed by atoms with E-state index in [0.29, 0.717) is 6.54 Å². The molecule has 5 nitrogen and oxygen atoms in total. The van der Waals surface area contributed by atoms with E-state index in [4.69, 9.17) is 4.52 Å². The molecule has 3 heterocycles. The summed E-state index contributed by atoms with van der Waals surface area (Å²) in [5.74, 6) is 0. The smallest absolute Gasteiger partial charge is 0.194 e. The lowest BCUT2D eigenvalue weighted by molar-refractivity contribution is 0.408. The lowest BCUT2D eigenvalue weighted by Crippen LogP contribution is -2.15. The van der Waals surface area contributed by atoms with Gasteiger partial charge in [0.25, 0.3) is 0 Å². The molecule has 3 rings (SSSR count). The summed E-state index contributed by atoms with van der Waals surface area (Å²) >= 11 is 1.68. The highest BCUT2D eigenvalue weighted by Crippen LogP contribution is 2.20.